The van der Waals surface area contributed by atoms with E-state index in [1.54, 1.807) is 36.4 Å². The highest BCUT2D eigenvalue weighted by atomic mass is 35.5. The highest BCUT2D eigenvalue weighted by Crippen LogP contribution is 2.28. The van der Waals surface area contributed by atoms with Gasteiger partial charge >= 0.3 is 0 Å². The second-order valence-corrected chi connectivity index (χ2v) is 10.1. The van der Waals surface area contributed by atoms with Crippen LogP contribution >= 0.6 is 11.6 Å². The van der Waals surface area contributed by atoms with Crippen molar-refractivity contribution in [3.63, 3.8) is 0 Å². The van der Waals surface area contributed by atoms with Crippen molar-refractivity contribution < 1.29 is 8.42 Å². The Balaban J connectivity index is 1.69. The summed E-state index contributed by atoms with van der Waals surface area (Å²) in [7, 11) is -3.75. The maximum Gasteiger partial charge on any atom is 0.261 e. The van der Waals surface area contributed by atoms with Crippen LogP contribution in [0.3, 0.4) is 0 Å². The van der Waals surface area contributed by atoms with Crippen molar-refractivity contribution in [3.05, 3.63) is 71.4 Å². The number of H-pyrrole nitrogens is 1. The summed E-state index contributed by atoms with van der Waals surface area (Å²) >= 11 is 6.18. The summed E-state index contributed by atoms with van der Waals surface area (Å²) in [5.41, 5.74) is 8.28. The average Bonchev–Trinajstić information content (AvgIpc) is 3.02. The Labute approximate surface area is 174 Å². The van der Waals surface area contributed by atoms with Crippen LogP contribution in [0, 0.1) is 0 Å². The van der Waals surface area contributed by atoms with Crippen molar-refractivity contribution in [2.24, 2.45) is 5.73 Å². The topological polar surface area (TPSA) is 88.0 Å². The van der Waals surface area contributed by atoms with Crippen molar-refractivity contribution in [2.75, 3.05) is 4.72 Å². The minimum Gasteiger partial charge on any atom is -0.361 e. The zero-order valence-electron chi connectivity index (χ0n) is 16.2. The van der Waals surface area contributed by atoms with Gasteiger partial charge in [-0.1, -0.05) is 29.8 Å². The molecule has 0 aliphatic rings. The lowest BCUT2D eigenvalue weighted by Crippen LogP contribution is -2.34. The number of sulfonamides is 1. The lowest BCUT2D eigenvalue weighted by atomic mass is 9.96. The van der Waals surface area contributed by atoms with Crippen LogP contribution in [0.4, 0.5) is 5.69 Å². The molecule has 29 heavy (non-hydrogen) atoms. The third kappa shape index (κ3) is 4.10. The predicted molar refractivity (Wildman–Crippen MR) is 120 cm³/mol. The number of nitrogens with two attached hydrogens (primary N) is 1. The second kappa shape index (κ2) is 7.06. The summed E-state index contributed by atoms with van der Waals surface area (Å²) in [6.07, 6.45) is 2.60. The first-order valence-corrected chi connectivity index (χ1v) is 11.1. The van der Waals surface area contributed by atoms with E-state index in [0.29, 0.717) is 17.1 Å². The third-order valence-corrected chi connectivity index (χ3v) is 6.48. The van der Waals surface area contributed by atoms with Gasteiger partial charge in [-0.05, 0) is 67.6 Å². The Morgan fingerprint density at radius 2 is 1.86 bits per heavy atom. The number of halogens is 1. The first kappa shape index (κ1) is 19.8. The molecule has 0 atom stereocenters. The molecule has 7 heteroatoms. The van der Waals surface area contributed by atoms with Gasteiger partial charge in [0.15, 0.2) is 0 Å². The number of hydrogen-bond donors (Lipinski definition) is 3. The fourth-order valence-corrected chi connectivity index (χ4v) is 4.81. The number of nitrogens with one attached hydrogen (secondary N) is 2. The normalized spacial score (nSPS) is 12.6. The number of aromatic amines is 1. The average molecular weight is 428 g/mol. The first-order chi connectivity index (χ1) is 13.6. The predicted octanol–water partition coefficient (Wildman–Crippen LogP) is 5.06. The van der Waals surface area contributed by atoms with E-state index in [0.717, 1.165) is 27.2 Å². The zero-order chi connectivity index (χ0) is 20.8. The molecule has 0 fully saturated rings. The van der Waals surface area contributed by atoms with Gasteiger partial charge in [0.1, 0.15) is 0 Å². The molecule has 0 saturated carbocycles. The number of hydrogen-bond acceptors (Lipinski definition) is 3. The molecular weight excluding hydrogens is 406 g/mol. The molecule has 150 valence electrons. The van der Waals surface area contributed by atoms with Crippen LogP contribution in [0.2, 0.25) is 5.02 Å². The van der Waals surface area contributed by atoms with Gasteiger partial charge < -0.3 is 10.7 Å². The fourth-order valence-electron chi connectivity index (χ4n) is 3.48. The monoisotopic (exact) mass is 427 g/mol. The highest BCUT2D eigenvalue weighted by Gasteiger charge is 2.18. The van der Waals surface area contributed by atoms with E-state index < -0.39 is 10.0 Å². The molecule has 3 aromatic carbocycles. The highest BCUT2D eigenvalue weighted by molar-refractivity contribution is 7.92. The quantitative estimate of drug-likeness (QED) is 0.416. The largest absolute Gasteiger partial charge is 0.361 e. The van der Waals surface area contributed by atoms with E-state index >= 15 is 0 Å². The molecule has 5 nitrogen and oxygen atoms in total. The molecule has 0 radical (unpaired) electrons. The van der Waals surface area contributed by atoms with Crippen LogP contribution < -0.4 is 10.5 Å². The van der Waals surface area contributed by atoms with Gasteiger partial charge in [-0.3, -0.25) is 4.72 Å². The number of rotatable bonds is 5. The molecule has 4 aromatic rings. The van der Waals surface area contributed by atoms with Crippen molar-refractivity contribution in [1.29, 1.82) is 0 Å². The summed E-state index contributed by atoms with van der Waals surface area (Å²) in [6, 6.07) is 15.8. The summed E-state index contributed by atoms with van der Waals surface area (Å²) in [6.45, 7) is 3.93. The van der Waals surface area contributed by atoms with Crippen LogP contribution in [0.5, 0.6) is 0 Å². The molecule has 0 unspecified atom stereocenters. The van der Waals surface area contributed by atoms with Crippen molar-refractivity contribution in [1.82, 2.24) is 4.98 Å². The second-order valence-electron chi connectivity index (χ2n) is 7.97. The van der Waals surface area contributed by atoms with E-state index in [1.165, 1.54) is 0 Å². The number of anilines is 1. The first-order valence-electron chi connectivity index (χ1n) is 9.22. The van der Waals surface area contributed by atoms with Crippen molar-refractivity contribution in [3.8, 4) is 0 Å². The van der Waals surface area contributed by atoms with Gasteiger partial charge in [0.2, 0.25) is 0 Å². The third-order valence-electron chi connectivity index (χ3n) is 4.77. The fraction of sp³-hybridized carbons (Fsp3) is 0.182. The molecule has 0 spiro atoms. The number of fused-ring (bicyclic) bond motifs is 2. The Bertz CT molecular complexity index is 1320. The lowest BCUT2D eigenvalue weighted by Gasteiger charge is -2.17. The van der Waals surface area contributed by atoms with Crippen LogP contribution in [-0.4, -0.2) is 18.9 Å². The summed E-state index contributed by atoms with van der Waals surface area (Å²) in [4.78, 5) is 3.40. The SMILES string of the molecule is CC(C)(N)Cc1c[nH]c2ccc(NS(=O)(=O)c3ccc4c(Cl)cccc4c3)cc12. The molecule has 1 heterocycles. The lowest BCUT2D eigenvalue weighted by molar-refractivity contribution is 0.518. The van der Waals surface area contributed by atoms with Gasteiger partial charge in [0, 0.05) is 38.7 Å². The Morgan fingerprint density at radius 3 is 2.62 bits per heavy atom. The number of aromatic nitrogens is 1. The van der Waals surface area contributed by atoms with E-state index in [4.69, 9.17) is 17.3 Å². The Morgan fingerprint density at radius 1 is 1.07 bits per heavy atom. The van der Waals surface area contributed by atoms with Crippen molar-refractivity contribution in [2.45, 2.75) is 30.7 Å². The van der Waals surface area contributed by atoms with Crippen molar-refractivity contribution >= 4 is 49.0 Å². The summed E-state index contributed by atoms with van der Waals surface area (Å²) in [5, 5.41) is 3.13. The maximum absolute atomic E-state index is 12.9. The molecule has 0 saturated heterocycles. The maximum atomic E-state index is 12.9. The minimum atomic E-state index is -3.75. The smallest absolute Gasteiger partial charge is 0.261 e. The van der Waals surface area contributed by atoms with Gasteiger partial charge in [-0.15, -0.1) is 0 Å². The standard InChI is InChI=1S/C22H22ClN3O2S/c1-22(2,24)12-15-13-25-21-9-6-16(11-19(15)21)26-29(27,28)17-7-8-18-14(10-17)4-3-5-20(18)23/h3-11,13,25-26H,12,24H2,1-2H3. The van der Waals surface area contributed by atoms with Crippen LogP contribution in [-0.2, 0) is 16.4 Å². The van der Waals surface area contributed by atoms with Crippen LogP contribution in [0.25, 0.3) is 21.7 Å². The van der Waals surface area contributed by atoms with Crippen LogP contribution in [0.15, 0.2) is 65.7 Å². The molecule has 0 aliphatic heterocycles. The van der Waals surface area contributed by atoms with E-state index in [2.05, 4.69) is 9.71 Å². The minimum absolute atomic E-state index is 0.185. The van der Waals surface area contributed by atoms with Gasteiger partial charge in [-0.25, -0.2) is 8.42 Å². The van der Waals surface area contributed by atoms with Gasteiger partial charge in [0.25, 0.3) is 10.0 Å². The molecule has 1 aromatic heterocycles. The zero-order valence-corrected chi connectivity index (χ0v) is 17.7. The van der Waals surface area contributed by atoms with Crippen LogP contribution in [0.1, 0.15) is 19.4 Å². The van der Waals surface area contributed by atoms with E-state index in [1.807, 2.05) is 38.2 Å². The summed E-state index contributed by atoms with van der Waals surface area (Å²) < 4.78 is 28.6. The van der Waals surface area contributed by atoms with Gasteiger partial charge in [0.05, 0.1) is 4.90 Å². The molecular formula is C22H22ClN3O2S. The molecule has 0 aliphatic carbocycles. The molecule has 0 bridgehead atoms. The summed E-state index contributed by atoms with van der Waals surface area (Å²) in [5.74, 6) is 0. The van der Waals surface area contributed by atoms with E-state index in [9.17, 15) is 8.42 Å². The molecule has 0 amide bonds. The molecule has 4 N–H and O–H groups in total. The Kier molecular flexibility index (Phi) is 4.81. The van der Waals surface area contributed by atoms with Gasteiger partial charge in [-0.2, -0.15) is 0 Å². The molecule has 4 rings (SSSR count). The van der Waals surface area contributed by atoms with E-state index in [-0.39, 0.29) is 10.4 Å². The number of benzene rings is 3. The Hall–Kier alpha value is -2.54.